The van der Waals surface area contributed by atoms with E-state index in [1.807, 2.05) is 4.90 Å². The fourth-order valence-corrected chi connectivity index (χ4v) is 1.78. The number of hydrogen-bond donors (Lipinski definition) is 1. The van der Waals surface area contributed by atoms with Gasteiger partial charge in [-0.15, -0.1) is 0 Å². The summed E-state index contributed by atoms with van der Waals surface area (Å²) >= 11 is 0. The Morgan fingerprint density at radius 3 is 2.62 bits per heavy atom. The van der Waals surface area contributed by atoms with Crippen LogP contribution in [-0.4, -0.2) is 35.8 Å². The van der Waals surface area contributed by atoms with E-state index in [2.05, 4.69) is 26.1 Å². The van der Waals surface area contributed by atoms with E-state index in [9.17, 15) is 9.59 Å². The van der Waals surface area contributed by atoms with E-state index in [0.29, 0.717) is 13.0 Å². The van der Waals surface area contributed by atoms with E-state index in [0.717, 1.165) is 13.0 Å². The molecule has 0 radical (unpaired) electrons. The van der Waals surface area contributed by atoms with Crippen molar-refractivity contribution in [3.8, 4) is 0 Å². The molecule has 1 heterocycles. The van der Waals surface area contributed by atoms with Crippen LogP contribution in [0.3, 0.4) is 0 Å². The van der Waals surface area contributed by atoms with Crippen LogP contribution in [0.5, 0.6) is 0 Å². The predicted octanol–water partition coefficient (Wildman–Crippen LogP) is 1.16. The summed E-state index contributed by atoms with van der Waals surface area (Å²) < 4.78 is 0. The molecular weight excluding hydrogens is 204 g/mol. The average molecular weight is 226 g/mol. The van der Waals surface area contributed by atoms with Crippen molar-refractivity contribution in [2.45, 2.75) is 46.6 Å². The Morgan fingerprint density at radius 2 is 2.06 bits per heavy atom. The van der Waals surface area contributed by atoms with E-state index < -0.39 is 0 Å². The summed E-state index contributed by atoms with van der Waals surface area (Å²) in [6, 6.07) is -0.386. The first-order valence-electron chi connectivity index (χ1n) is 5.94. The van der Waals surface area contributed by atoms with Gasteiger partial charge >= 0.3 is 0 Å². The van der Waals surface area contributed by atoms with Crippen molar-refractivity contribution in [3.63, 3.8) is 0 Å². The van der Waals surface area contributed by atoms with Crippen LogP contribution < -0.4 is 5.32 Å². The van der Waals surface area contributed by atoms with Gasteiger partial charge in [0.1, 0.15) is 6.04 Å². The lowest BCUT2D eigenvalue weighted by Crippen LogP contribution is -2.45. The second-order valence-electron chi connectivity index (χ2n) is 5.32. The first-order chi connectivity index (χ1) is 7.35. The summed E-state index contributed by atoms with van der Waals surface area (Å²) in [5, 5.41) is 2.70. The third kappa shape index (κ3) is 3.22. The lowest BCUT2D eigenvalue weighted by atomic mass is 9.89. The van der Waals surface area contributed by atoms with E-state index in [4.69, 9.17) is 0 Å². The SMILES string of the molecule is CCC(C)(C)CN1CCC(=O)NC(C)C1=O. The molecule has 2 amide bonds. The Labute approximate surface area is 97.4 Å². The largest absolute Gasteiger partial charge is 0.345 e. The van der Waals surface area contributed by atoms with Gasteiger partial charge in [0.15, 0.2) is 0 Å². The van der Waals surface area contributed by atoms with Crippen molar-refractivity contribution < 1.29 is 9.59 Å². The zero-order valence-electron chi connectivity index (χ0n) is 10.7. The summed E-state index contributed by atoms with van der Waals surface area (Å²) in [5.41, 5.74) is 0.114. The number of carbonyl (C=O) groups excluding carboxylic acids is 2. The molecule has 4 heteroatoms. The lowest BCUT2D eigenvalue weighted by Gasteiger charge is -2.31. The highest BCUT2D eigenvalue weighted by Crippen LogP contribution is 2.22. The zero-order chi connectivity index (χ0) is 12.3. The molecule has 4 nitrogen and oxygen atoms in total. The summed E-state index contributed by atoms with van der Waals surface area (Å²) in [5.74, 6) is 0.00466. The van der Waals surface area contributed by atoms with Crippen LogP contribution >= 0.6 is 0 Å². The van der Waals surface area contributed by atoms with Crippen LogP contribution in [-0.2, 0) is 9.59 Å². The Morgan fingerprint density at radius 1 is 1.44 bits per heavy atom. The molecule has 0 aromatic heterocycles. The second kappa shape index (κ2) is 4.85. The number of carbonyl (C=O) groups is 2. The van der Waals surface area contributed by atoms with E-state index in [-0.39, 0.29) is 23.3 Å². The van der Waals surface area contributed by atoms with Crippen molar-refractivity contribution in [3.05, 3.63) is 0 Å². The molecule has 0 saturated carbocycles. The van der Waals surface area contributed by atoms with Crippen LogP contribution in [0, 0.1) is 5.41 Å². The summed E-state index contributed by atoms with van der Waals surface area (Å²) in [4.78, 5) is 25.1. The molecule has 1 unspecified atom stereocenters. The lowest BCUT2D eigenvalue weighted by molar-refractivity contribution is -0.134. The van der Waals surface area contributed by atoms with Crippen LogP contribution in [0.25, 0.3) is 0 Å². The highest BCUT2D eigenvalue weighted by Gasteiger charge is 2.29. The zero-order valence-corrected chi connectivity index (χ0v) is 10.7. The maximum Gasteiger partial charge on any atom is 0.244 e. The molecular formula is C12H22N2O2. The molecule has 1 fully saturated rings. The molecule has 0 aromatic carbocycles. The van der Waals surface area contributed by atoms with Crippen molar-refractivity contribution >= 4 is 11.8 Å². The Balaban J connectivity index is 2.71. The van der Waals surface area contributed by atoms with Crippen LogP contribution in [0.15, 0.2) is 0 Å². The number of amides is 2. The molecule has 1 aliphatic heterocycles. The van der Waals surface area contributed by atoms with Gasteiger partial charge in [-0.25, -0.2) is 0 Å². The summed E-state index contributed by atoms with van der Waals surface area (Å²) in [7, 11) is 0. The van der Waals surface area contributed by atoms with Gasteiger partial charge in [-0.3, -0.25) is 9.59 Å². The quantitative estimate of drug-likeness (QED) is 0.785. The van der Waals surface area contributed by atoms with Crippen molar-refractivity contribution in [2.24, 2.45) is 5.41 Å². The van der Waals surface area contributed by atoms with Gasteiger partial charge in [-0.1, -0.05) is 20.8 Å². The molecule has 92 valence electrons. The minimum atomic E-state index is -0.386. The standard InChI is InChI=1S/C12H22N2O2/c1-5-12(3,4)8-14-7-6-10(15)13-9(2)11(14)16/h9H,5-8H2,1-4H3,(H,13,15). The maximum absolute atomic E-state index is 12.0. The first-order valence-corrected chi connectivity index (χ1v) is 5.94. The van der Waals surface area contributed by atoms with Gasteiger partial charge in [-0.05, 0) is 18.8 Å². The van der Waals surface area contributed by atoms with Crippen LogP contribution in [0.1, 0.15) is 40.5 Å². The van der Waals surface area contributed by atoms with Gasteiger partial charge in [0, 0.05) is 19.5 Å². The van der Waals surface area contributed by atoms with Gasteiger partial charge < -0.3 is 10.2 Å². The molecule has 1 atom stereocenters. The topological polar surface area (TPSA) is 49.4 Å². The fourth-order valence-electron chi connectivity index (χ4n) is 1.78. The molecule has 0 aliphatic carbocycles. The minimum Gasteiger partial charge on any atom is -0.345 e. The second-order valence-corrected chi connectivity index (χ2v) is 5.32. The molecule has 16 heavy (non-hydrogen) atoms. The third-order valence-corrected chi connectivity index (χ3v) is 3.24. The number of nitrogens with zero attached hydrogens (tertiary/aromatic N) is 1. The fraction of sp³-hybridized carbons (Fsp3) is 0.833. The van der Waals surface area contributed by atoms with E-state index >= 15 is 0 Å². The first kappa shape index (κ1) is 13.0. The van der Waals surface area contributed by atoms with E-state index in [1.165, 1.54) is 0 Å². The smallest absolute Gasteiger partial charge is 0.244 e. The Kier molecular flexibility index (Phi) is 3.94. The maximum atomic E-state index is 12.0. The summed E-state index contributed by atoms with van der Waals surface area (Å²) in [6.07, 6.45) is 1.43. The molecule has 1 rings (SSSR count). The summed E-state index contributed by atoms with van der Waals surface area (Å²) in [6.45, 7) is 9.42. The number of nitrogens with one attached hydrogen (secondary N) is 1. The Hall–Kier alpha value is -1.06. The molecule has 0 bridgehead atoms. The number of hydrogen-bond acceptors (Lipinski definition) is 2. The van der Waals surface area contributed by atoms with Crippen molar-refractivity contribution in [2.75, 3.05) is 13.1 Å². The van der Waals surface area contributed by atoms with Gasteiger partial charge in [0.05, 0.1) is 0 Å². The van der Waals surface area contributed by atoms with Crippen molar-refractivity contribution in [1.29, 1.82) is 0 Å². The van der Waals surface area contributed by atoms with Crippen molar-refractivity contribution in [1.82, 2.24) is 10.2 Å². The molecule has 1 N–H and O–H groups in total. The molecule has 0 spiro atoms. The van der Waals surface area contributed by atoms with Gasteiger partial charge in [-0.2, -0.15) is 0 Å². The molecule has 1 aliphatic rings. The van der Waals surface area contributed by atoms with Crippen LogP contribution in [0.4, 0.5) is 0 Å². The normalized spacial score (nSPS) is 23.0. The molecule has 1 saturated heterocycles. The van der Waals surface area contributed by atoms with E-state index in [1.54, 1.807) is 6.92 Å². The average Bonchev–Trinajstić information content (AvgIpc) is 2.32. The third-order valence-electron chi connectivity index (χ3n) is 3.24. The van der Waals surface area contributed by atoms with Gasteiger partial charge in [0.25, 0.3) is 0 Å². The number of rotatable bonds is 3. The molecule has 0 aromatic rings. The monoisotopic (exact) mass is 226 g/mol. The Bertz CT molecular complexity index is 287. The highest BCUT2D eigenvalue weighted by molar-refractivity contribution is 5.89. The van der Waals surface area contributed by atoms with Gasteiger partial charge in [0.2, 0.25) is 11.8 Å². The van der Waals surface area contributed by atoms with Crippen LogP contribution in [0.2, 0.25) is 0 Å². The highest BCUT2D eigenvalue weighted by atomic mass is 16.2. The minimum absolute atomic E-state index is 0.0299. The predicted molar refractivity (Wildman–Crippen MR) is 62.9 cm³/mol.